The van der Waals surface area contributed by atoms with E-state index < -0.39 is 0 Å². The van der Waals surface area contributed by atoms with Crippen LogP contribution in [0.5, 0.6) is 0 Å². The minimum absolute atomic E-state index is 0.684. The van der Waals surface area contributed by atoms with Crippen LogP contribution in [0, 0.1) is 0 Å². The lowest BCUT2D eigenvalue weighted by molar-refractivity contribution is 1.63. The van der Waals surface area contributed by atoms with Crippen LogP contribution in [-0.2, 0) is 0 Å². The molecular formula is C10H12N2. The zero-order valence-corrected chi connectivity index (χ0v) is 6.83. The van der Waals surface area contributed by atoms with Crippen molar-refractivity contribution in [2.24, 2.45) is 0 Å². The molecule has 0 aliphatic carbocycles. The third kappa shape index (κ3) is 1.89. The van der Waals surface area contributed by atoms with Crippen LogP contribution >= 0.6 is 0 Å². The van der Waals surface area contributed by atoms with Crippen molar-refractivity contribution in [2.75, 3.05) is 11.5 Å². The molecule has 4 N–H and O–H groups in total. The highest BCUT2D eigenvalue weighted by atomic mass is 14.6. The van der Waals surface area contributed by atoms with Gasteiger partial charge >= 0.3 is 0 Å². The summed E-state index contributed by atoms with van der Waals surface area (Å²) in [5.41, 5.74) is 13.6. The fourth-order valence-corrected chi connectivity index (χ4v) is 0.917. The Balaban J connectivity index is 3.01. The molecule has 0 unspecified atom stereocenters. The molecule has 0 radical (unpaired) electrons. The zero-order valence-electron chi connectivity index (χ0n) is 6.83. The topological polar surface area (TPSA) is 52.0 Å². The van der Waals surface area contributed by atoms with Gasteiger partial charge in [0.1, 0.15) is 0 Å². The first-order chi connectivity index (χ1) is 5.74. The fourth-order valence-electron chi connectivity index (χ4n) is 0.917. The van der Waals surface area contributed by atoms with E-state index in [-0.39, 0.29) is 0 Å². The number of nitrogen functional groups attached to an aromatic ring is 2. The molecule has 2 nitrogen and oxygen atoms in total. The Bertz CT molecular complexity index is 314. The maximum atomic E-state index is 5.70. The average Bonchev–Trinajstić information content (AvgIpc) is 2.03. The molecular weight excluding hydrogens is 148 g/mol. The number of hydrogen-bond donors (Lipinski definition) is 2. The van der Waals surface area contributed by atoms with Gasteiger partial charge in [0, 0.05) is 11.4 Å². The first kappa shape index (κ1) is 8.40. The molecule has 0 aliphatic heterocycles. The second-order valence-corrected chi connectivity index (χ2v) is 2.48. The Kier molecular flexibility index (Phi) is 2.53. The number of nitrogens with two attached hydrogens (primary N) is 2. The van der Waals surface area contributed by atoms with Crippen LogP contribution in [0.4, 0.5) is 11.4 Å². The van der Waals surface area contributed by atoms with Crippen LogP contribution < -0.4 is 11.5 Å². The van der Waals surface area contributed by atoms with Gasteiger partial charge in [-0.05, 0) is 17.7 Å². The molecule has 0 spiro atoms. The third-order valence-corrected chi connectivity index (χ3v) is 1.52. The second kappa shape index (κ2) is 3.62. The van der Waals surface area contributed by atoms with E-state index in [1.807, 2.05) is 24.3 Å². The lowest BCUT2D eigenvalue weighted by Gasteiger charge is -2.00. The lowest BCUT2D eigenvalue weighted by atomic mass is 10.1. The van der Waals surface area contributed by atoms with Crippen LogP contribution in [-0.4, -0.2) is 0 Å². The summed E-state index contributed by atoms with van der Waals surface area (Å²) in [7, 11) is 0. The van der Waals surface area contributed by atoms with Gasteiger partial charge in [-0.1, -0.05) is 30.9 Å². The predicted molar refractivity (Wildman–Crippen MR) is 54.5 cm³/mol. The molecule has 62 valence electrons. The van der Waals surface area contributed by atoms with Crippen molar-refractivity contribution < 1.29 is 0 Å². The first-order valence-electron chi connectivity index (χ1n) is 3.68. The highest BCUT2D eigenvalue weighted by Crippen LogP contribution is 2.16. The summed E-state index contributed by atoms with van der Waals surface area (Å²) in [4.78, 5) is 0. The van der Waals surface area contributed by atoms with Crippen molar-refractivity contribution in [3.63, 3.8) is 0 Å². The third-order valence-electron chi connectivity index (χ3n) is 1.52. The summed E-state index contributed by atoms with van der Waals surface area (Å²) in [5.74, 6) is 0. The van der Waals surface area contributed by atoms with Gasteiger partial charge in [0.25, 0.3) is 0 Å². The second-order valence-electron chi connectivity index (χ2n) is 2.48. The zero-order chi connectivity index (χ0) is 8.97. The van der Waals surface area contributed by atoms with Crippen molar-refractivity contribution in [3.05, 3.63) is 42.5 Å². The van der Waals surface area contributed by atoms with E-state index in [0.717, 1.165) is 5.56 Å². The molecule has 0 amide bonds. The highest BCUT2D eigenvalue weighted by molar-refractivity contribution is 5.68. The van der Waals surface area contributed by atoms with E-state index >= 15 is 0 Å². The van der Waals surface area contributed by atoms with Gasteiger partial charge in [0.2, 0.25) is 0 Å². The quantitative estimate of drug-likeness (QED) is 0.514. The van der Waals surface area contributed by atoms with Gasteiger partial charge in [-0.25, -0.2) is 0 Å². The lowest BCUT2D eigenvalue weighted by Crippen LogP contribution is -1.92. The summed E-state index contributed by atoms with van der Waals surface area (Å²) in [6.45, 7) is 3.57. The summed E-state index contributed by atoms with van der Waals surface area (Å²) in [6, 6.07) is 5.44. The Hall–Kier alpha value is -1.70. The summed E-state index contributed by atoms with van der Waals surface area (Å²) >= 11 is 0. The predicted octanol–water partition coefficient (Wildman–Crippen LogP) is 2.05. The van der Waals surface area contributed by atoms with E-state index in [0.29, 0.717) is 11.4 Å². The minimum atomic E-state index is 0.684. The summed E-state index contributed by atoms with van der Waals surface area (Å²) < 4.78 is 0. The molecule has 1 aromatic carbocycles. The molecule has 0 heterocycles. The number of benzene rings is 1. The largest absolute Gasteiger partial charge is 0.399 e. The average molecular weight is 160 g/mol. The monoisotopic (exact) mass is 160 g/mol. The van der Waals surface area contributed by atoms with Crippen molar-refractivity contribution in [1.82, 2.24) is 0 Å². The summed E-state index contributed by atoms with van der Waals surface area (Å²) in [6.07, 6.45) is 5.43. The van der Waals surface area contributed by atoms with Crippen LogP contribution in [0.3, 0.4) is 0 Å². The van der Waals surface area contributed by atoms with Gasteiger partial charge in [-0.15, -0.1) is 0 Å². The van der Waals surface area contributed by atoms with Crippen molar-refractivity contribution in [2.45, 2.75) is 0 Å². The molecule has 0 aromatic heterocycles. The minimum Gasteiger partial charge on any atom is -0.399 e. The van der Waals surface area contributed by atoms with Gasteiger partial charge < -0.3 is 11.5 Å². The molecule has 0 atom stereocenters. The first-order valence-corrected chi connectivity index (χ1v) is 3.68. The Morgan fingerprint density at radius 1 is 1.25 bits per heavy atom. The molecule has 1 aromatic rings. The molecule has 2 heteroatoms. The van der Waals surface area contributed by atoms with E-state index in [4.69, 9.17) is 11.5 Å². The fraction of sp³-hybridized carbons (Fsp3) is 0. The highest BCUT2D eigenvalue weighted by Gasteiger charge is 1.93. The summed E-state index contributed by atoms with van der Waals surface area (Å²) in [5, 5.41) is 0. The standard InChI is InChI=1S/C10H12N2/c1-2-3-4-8-5-6-9(11)7-10(8)12/h2-7H,1,11-12H2/b4-3-. The van der Waals surface area contributed by atoms with Crippen LogP contribution in [0.15, 0.2) is 36.9 Å². The normalized spacial score (nSPS) is 10.3. The molecule has 0 aliphatic rings. The van der Waals surface area contributed by atoms with E-state index in [1.165, 1.54) is 0 Å². The smallest absolute Gasteiger partial charge is 0.0408 e. The number of allylic oxidation sites excluding steroid dienone is 2. The molecule has 0 bridgehead atoms. The van der Waals surface area contributed by atoms with Gasteiger partial charge in [0.05, 0.1) is 0 Å². The Morgan fingerprint density at radius 3 is 2.58 bits per heavy atom. The van der Waals surface area contributed by atoms with Gasteiger partial charge in [-0.2, -0.15) is 0 Å². The van der Waals surface area contributed by atoms with Crippen molar-refractivity contribution >= 4 is 17.5 Å². The van der Waals surface area contributed by atoms with E-state index in [9.17, 15) is 0 Å². The van der Waals surface area contributed by atoms with E-state index in [2.05, 4.69) is 6.58 Å². The van der Waals surface area contributed by atoms with Crippen LogP contribution in [0.1, 0.15) is 5.56 Å². The van der Waals surface area contributed by atoms with E-state index in [1.54, 1.807) is 12.1 Å². The Labute approximate surface area is 72.2 Å². The maximum absolute atomic E-state index is 5.70. The number of hydrogen-bond acceptors (Lipinski definition) is 2. The van der Waals surface area contributed by atoms with Crippen molar-refractivity contribution in [3.8, 4) is 0 Å². The number of rotatable bonds is 2. The molecule has 0 saturated carbocycles. The Morgan fingerprint density at radius 2 is 2.00 bits per heavy atom. The molecule has 1 rings (SSSR count). The van der Waals surface area contributed by atoms with Gasteiger partial charge in [-0.3, -0.25) is 0 Å². The molecule has 12 heavy (non-hydrogen) atoms. The molecule has 0 fully saturated rings. The van der Waals surface area contributed by atoms with Gasteiger partial charge in [0.15, 0.2) is 0 Å². The van der Waals surface area contributed by atoms with Crippen molar-refractivity contribution in [1.29, 1.82) is 0 Å². The van der Waals surface area contributed by atoms with Crippen LogP contribution in [0.2, 0.25) is 0 Å². The maximum Gasteiger partial charge on any atom is 0.0408 e. The number of anilines is 2. The SMILES string of the molecule is C=C/C=C\c1ccc(N)cc1N. The molecule has 0 saturated heterocycles. The van der Waals surface area contributed by atoms with Crippen LogP contribution in [0.25, 0.3) is 6.08 Å².